The Hall–Kier alpha value is -2.98. The Morgan fingerprint density at radius 2 is 1.93 bits per heavy atom. The van der Waals surface area contributed by atoms with Gasteiger partial charge in [-0.1, -0.05) is 0 Å². The summed E-state index contributed by atoms with van der Waals surface area (Å²) in [6.45, 7) is 4.66. The zero-order valence-electron chi connectivity index (χ0n) is 16.3. The zero-order chi connectivity index (χ0) is 20.8. The molecular formula is C19H21N5O4S. The third-order valence-electron chi connectivity index (χ3n) is 4.56. The number of aromatic nitrogens is 5. The lowest BCUT2D eigenvalue weighted by Gasteiger charge is -2.21. The van der Waals surface area contributed by atoms with E-state index >= 15 is 0 Å². The van der Waals surface area contributed by atoms with Gasteiger partial charge in [-0.25, -0.2) is 23.4 Å². The number of aliphatic hydroxyl groups is 1. The molecule has 0 fully saturated rings. The molecular weight excluding hydrogens is 394 g/mol. The summed E-state index contributed by atoms with van der Waals surface area (Å²) in [5.41, 5.74) is 1.96. The number of fused-ring (bicyclic) bond motifs is 2. The summed E-state index contributed by atoms with van der Waals surface area (Å²) in [5, 5.41) is 9.11. The van der Waals surface area contributed by atoms with Gasteiger partial charge < -0.3 is 9.84 Å². The molecule has 0 aliphatic heterocycles. The first-order chi connectivity index (χ1) is 13.7. The fraction of sp³-hybridized carbons (Fsp3) is 0.316. The molecule has 0 bridgehead atoms. The highest BCUT2D eigenvalue weighted by molar-refractivity contribution is 7.92. The number of nitrogens with zero attached hydrogens (tertiary/aromatic N) is 5. The van der Waals surface area contributed by atoms with Crippen LogP contribution in [0.2, 0.25) is 0 Å². The molecule has 0 atom stereocenters. The van der Waals surface area contributed by atoms with Crippen LogP contribution >= 0.6 is 0 Å². The number of pyridine rings is 1. The Labute approximate surface area is 167 Å². The Morgan fingerprint density at radius 1 is 1.14 bits per heavy atom. The Bertz CT molecular complexity index is 1300. The molecule has 29 heavy (non-hydrogen) atoms. The smallest absolute Gasteiger partial charge is 0.233 e. The van der Waals surface area contributed by atoms with Crippen molar-refractivity contribution in [3.63, 3.8) is 0 Å². The van der Waals surface area contributed by atoms with Crippen molar-refractivity contribution in [3.8, 4) is 17.0 Å². The van der Waals surface area contributed by atoms with E-state index in [1.807, 2.05) is 6.20 Å². The van der Waals surface area contributed by atoms with Gasteiger partial charge >= 0.3 is 0 Å². The quantitative estimate of drug-likeness (QED) is 0.530. The monoisotopic (exact) mass is 415 g/mol. The number of imidazole rings is 2. The standard InChI is InChI=1S/C19H21N5O4S/c1-19(2,3)29(26,27)16-12-24-14(10-21-17(24)8-15(16)28-7-6-25)13-9-22-18-20-4-5-23(18)11-13/h4-5,8-12,25H,6-7H2,1-3H3. The normalized spacial score (nSPS) is 12.7. The molecule has 4 heterocycles. The van der Waals surface area contributed by atoms with Crippen molar-refractivity contribution in [2.75, 3.05) is 13.2 Å². The lowest BCUT2D eigenvalue weighted by atomic mass is 10.2. The summed E-state index contributed by atoms with van der Waals surface area (Å²) in [5.74, 6) is 0.736. The number of hydrogen-bond donors (Lipinski definition) is 1. The molecule has 1 N–H and O–H groups in total. The van der Waals surface area contributed by atoms with E-state index in [-0.39, 0.29) is 23.9 Å². The molecule has 9 nitrogen and oxygen atoms in total. The average molecular weight is 415 g/mol. The van der Waals surface area contributed by atoms with Gasteiger partial charge in [0.05, 0.1) is 23.2 Å². The molecule has 10 heteroatoms. The van der Waals surface area contributed by atoms with Crippen molar-refractivity contribution < 1.29 is 18.3 Å². The highest BCUT2D eigenvalue weighted by atomic mass is 32.2. The van der Waals surface area contributed by atoms with Crippen molar-refractivity contribution in [2.24, 2.45) is 0 Å². The van der Waals surface area contributed by atoms with E-state index in [0.29, 0.717) is 17.1 Å². The van der Waals surface area contributed by atoms with Gasteiger partial charge in [-0.05, 0) is 20.8 Å². The minimum atomic E-state index is -3.72. The maximum Gasteiger partial charge on any atom is 0.233 e. The summed E-state index contributed by atoms with van der Waals surface area (Å²) < 4.78 is 34.4. The van der Waals surface area contributed by atoms with E-state index < -0.39 is 14.6 Å². The summed E-state index contributed by atoms with van der Waals surface area (Å²) in [6, 6.07) is 1.57. The van der Waals surface area contributed by atoms with E-state index in [4.69, 9.17) is 9.84 Å². The maximum absolute atomic E-state index is 13.2. The van der Waals surface area contributed by atoms with Crippen LogP contribution in [0.3, 0.4) is 0 Å². The third-order valence-corrected chi connectivity index (χ3v) is 7.06. The van der Waals surface area contributed by atoms with Crippen LogP contribution in [0.25, 0.3) is 22.7 Å². The van der Waals surface area contributed by atoms with Crippen LogP contribution in [-0.2, 0) is 9.84 Å². The second kappa shape index (κ2) is 6.82. The first kappa shape index (κ1) is 19.3. The minimum Gasteiger partial charge on any atom is -0.490 e. The van der Waals surface area contributed by atoms with Gasteiger partial charge in [-0.2, -0.15) is 0 Å². The van der Waals surface area contributed by atoms with Crippen molar-refractivity contribution in [2.45, 2.75) is 30.4 Å². The Morgan fingerprint density at radius 3 is 2.66 bits per heavy atom. The van der Waals surface area contributed by atoms with E-state index in [0.717, 1.165) is 5.56 Å². The number of sulfone groups is 1. The first-order valence-corrected chi connectivity index (χ1v) is 10.5. The molecule has 4 aromatic heterocycles. The SMILES string of the molecule is CC(C)(C)S(=O)(=O)c1cn2c(-c3cnc4nccn4c3)cnc2cc1OCCO. The van der Waals surface area contributed by atoms with Crippen molar-refractivity contribution in [3.05, 3.63) is 43.2 Å². The van der Waals surface area contributed by atoms with Crippen molar-refractivity contribution in [1.82, 2.24) is 23.8 Å². The van der Waals surface area contributed by atoms with Gasteiger partial charge in [0, 0.05) is 42.6 Å². The van der Waals surface area contributed by atoms with Crippen LogP contribution in [0.4, 0.5) is 0 Å². The molecule has 0 amide bonds. The van der Waals surface area contributed by atoms with Gasteiger partial charge in [0.25, 0.3) is 0 Å². The second-order valence-electron chi connectivity index (χ2n) is 7.54. The predicted molar refractivity (Wildman–Crippen MR) is 107 cm³/mol. The summed E-state index contributed by atoms with van der Waals surface area (Å²) >= 11 is 0. The lowest BCUT2D eigenvalue weighted by Crippen LogP contribution is -2.28. The van der Waals surface area contributed by atoms with E-state index in [2.05, 4.69) is 15.0 Å². The molecule has 0 aromatic carbocycles. The first-order valence-electron chi connectivity index (χ1n) is 9.01. The summed E-state index contributed by atoms with van der Waals surface area (Å²) in [4.78, 5) is 12.9. The Balaban J connectivity index is 1.94. The van der Waals surface area contributed by atoms with E-state index in [9.17, 15) is 8.42 Å². The molecule has 0 aliphatic rings. The second-order valence-corrected chi connectivity index (χ2v) is 10.2. The fourth-order valence-corrected chi connectivity index (χ4v) is 4.24. The molecule has 0 aliphatic carbocycles. The van der Waals surface area contributed by atoms with E-state index in [1.165, 1.54) is 6.20 Å². The zero-order valence-corrected chi connectivity index (χ0v) is 17.1. The largest absolute Gasteiger partial charge is 0.490 e. The van der Waals surface area contributed by atoms with Crippen LogP contribution < -0.4 is 4.74 Å². The molecule has 4 aromatic rings. The predicted octanol–water partition coefficient (Wildman–Crippen LogP) is 1.99. The van der Waals surface area contributed by atoms with Gasteiger partial charge in [0.1, 0.15) is 22.9 Å². The molecule has 4 rings (SSSR count). The average Bonchev–Trinajstić information content (AvgIpc) is 3.30. The van der Waals surface area contributed by atoms with Gasteiger partial charge in [-0.15, -0.1) is 0 Å². The van der Waals surface area contributed by atoms with Gasteiger partial charge in [-0.3, -0.25) is 8.80 Å². The van der Waals surface area contributed by atoms with Gasteiger partial charge in [0.2, 0.25) is 5.78 Å². The fourth-order valence-electron chi connectivity index (χ4n) is 2.95. The number of hydrogen-bond acceptors (Lipinski definition) is 7. The van der Waals surface area contributed by atoms with Crippen LogP contribution in [-0.4, -0.2) is 55.2 Å². The van der Waals surface area contributed by atoms with Crippen LogP contribution in [0.15, 0.2) is 48.1 Å². The molecule has 0 radical (unpaired) electrons. The summed E-state index contributed by atoms with van der Waals surface area (Å²) in [7, 11) is -3.72. The molecule has 0 saturated heterocycles. The molecule has 0 saturated carbocycles. The van der Waals surface area contributed by atoms with Crippen LogP contribution in [0.5, 0.6) is 5.75 Å². The van der Waals surface area contributed by atoms with Crippen LogP contribution in [0, 0.1) is 0 Å². The highest BCUT2D eigenvalue weighted by Crippen LogP contribution is 2.34. The highest BCUT2D eigenvalue weighted by Gasteiger charge is 2.34. The van der Waals surface area contributed by atoms with Crippen molar-refractivity contribution >= 4 is 21.3 Å². The lowest BCUT2D eigenvalue weighted by molar-refractivity contribution is 0.198. The molecule has 0 unspecified atom stereocenters. The molecule has 0 spiro atoms. The van der Waals surface area contributed by atoms with E-state index in [1.54, 1.807) is 60.4 Å². The van der Waals surface area contributed by atoms with Gasteiger partial charge in [0.15, 0.2) is 9.84 Å². The minimum absolute atomic E-state index is 0.0163. The Kier molecular flexibility index (Phi) is 4.55. The third kappa shape index (κ3) is 3.23. The maximum atomic E-state index is 13.2. The number of rotatable bonds is 5. The molecule has 152 valence electrons. The summed E-state index contributed by atoms with van der Waals surface area (Å²) in [6.07, 6.45) is 10.1. The van der Waals surface area contributed by atoms with Crippen LogP contribution in [0.1, 0.15) is 20.8 Å². The number of aliphatic hydroxyl groups excluding tert-OH is 1. The van der Waals surface area contributed by atoms with Crippen molar-refractivity contribution in [1.29, 1.82) is 0 Å². The topological polar surface area (TPSA) is 111 Å². The number of ether oxygens (including phenoxy) is 1.